The van der Waals surface area contributed by atoms with E-state index in [-0.39, 0.29) is 18.6 Å². The van der Waals surface area contributed by atoms with E-state index in [9.17, 15) is 19.2 Å². The second kappa shape index (κ2) is 6.88. The number of nitrogens with zero attached hydrogens (tertiary/aromatic N) is 1. The second-order valence-corrected chi connectivity index (χ2v) is 4.64. The van der Waals surface area contributed by atoms with E-state index in [2.05, 4.69) is 4.84 Å². The van der Waals surface area contributed by atoms with Gasteiger partial charge in [0.15, 0.2) is 0 Å². The standard InChI is InChI=1S/C14H15NO7/c1-2-3-6-20-11-8-21-10(7-9(11)16)14(19)22-15-12(17)4-5-13(15)18/h7-8H,2-6H2,1H3. The zero-order valence-corrected chi connectivity index (χ0v) is 12.0. The van der Waals surface area contributed by atoms with Gasteiger partial charge in [-0.05, 0) is 6.42 Å². The summed E-state index contributed by atoms with van der Waals surface area (Å²) >= 11 is 0. The van der Waals surface area contributed by atoms with Crippen molar-refractivity contribution in [1.29, 1.82) is 0 Å². The van der Waals surface area contributed by atoms with Crippen molar-refractivity contribution in [3.05, 3.63) is 28.3 Å². The summed E-state index contributed by atoms with van der Waals surface area (Å²) < 4.78 is 10.2. The zero-order valence-electron chi connectivity index (χ0n) is 12.0. The fraction of sp³-hybridized carbons (Fsp3) is 0.429. The van der Waals surface area contributed by atoms with E-state index < -0.39 is 29.0 Å². The number of hydrogen-bond acceptors (Lipinski definition) is 7. The number of hydrogen-bond donors (Lipinski definition) is 0. The number of ether oxygens (including phenoxy) is 1. The Morgan fingerprint density at radius 2 is 1.95 bits per heavy atom. The van der Waals surface area contributed by atoms with Crippen molar-refractivity contribution in [2.24, 2.45) is 0 Å². The van der Waals surface area contributed by atoms with Crippen LogP contribution in [0.4, 0.5) is 0 Å². The predicted molar refractivity (Wildman–Crippen MR) is 71.9 cm³/mol. The lowest BCUT2D eigenvalue weighted by atomic mass is 10.3. The first-order valence-electron chi connectivity index (χ1n) is 6.86. The average Bonchev–Trinajstić information content (AvgIpc) is 2.81. The molecule has 0 spiro atoms. The van der Waals surface area contributed by atoms with Crippen LogP contribution in [0.15, 0.2) is 21.5 Å². The molecule has 2 heterocycles. The lowest BCUT2D eigenvalue weighted by Crippen LogP contribution is -2.32. The molecule has 0 radical (unpaired) electrons. The Hall–Kier alpha value is -2.64. The number of amides is 2. The number of unbranched alkanes of at least 4 members (excludes halogenated alkanes) is 1. The summed E-state index contributed by atoms with van der Waals surface area (Å²) in [5, 5.41) is 0.383. The molecule has 8 nitrogen and oxygen atoms in total. The molecule has 0 unspecified atom stereocenters. The maximum atomic E-state index is 11.8. The van der Waals surface area contributed by atoms with Crippen LogP contribution in [0.2, 0.25) is 0 Å². The molecule has 0 atom stereocenters. The predicted octanol–water partition coefficient (Wildman–Crippen LogP) is 1.04. The number of rotatable bonds is 6. The van der Waals surface area contributed by atoms with Crippen molar-refractivity contribution in [2.45, 2.75) is 32.6 Å². The van der Waals surface area contributed by atoms with Crippen molar-refractivity contribution >= 4 is 17.8 Å². The normalized spacial score (nSPS) is 14.3. The highest BCUT2D eigenvalue weighted by Crippen LogP contribution is 2.14. The van der Waals surface area contributed by atoms with Gasteiger partial charge in [-0.1, -0.05) is 13.3 Å². The van der Waals surface area contributed by atoms with Crippen molar-refractivity contribution in [1.82, 2.24) is 5.06 Å². The lowest BCUT2D eigenvalue weighted by Gasteiger charge is -2.11. The first kappa shape index (κ1) is 15.7. The Morgan fingerprint density at radius 3 is 2.55 bits per heavy atom. The van der Waals surface area contributed by atoms with Crippen molar-refractivity contribution in [2.75, 3.05) is 6.61 Å². The van der Waals surface area contributed by atoms with Crippen LogP contribution in [-0.2, 0) is 14.4 Å². The van der Waals surface area contributed by atoms with Gasteiger partial charge in [0.05, 0.1) is 6.61 Å². The van der Waals surface area contributed by atoms with Gasteiger partial charge in [-0.15, -0.1) is 5.06 Å². The first-order chi connectivity index (χ1) is 10.5. The third-order valence-electron chi connectivity index (χ3n) is 2.93. The van der Waals surface area contributed by atoms with E-state index >= 15 is 0 Å². The maximum Gasteiger partial charge on any atom is 0.399 e. The minimum Gasteiger partial charge on any atom is -0.487 e. The highest BCUT2D eigenvalue weighted by Gasteiger charge is 2.33. The first-order valence-corrected chi connectivity index (χ1v) is 6.86. The largest absolute Gasteiger partial charge is 0.487 e. The quantitative estimate of drug-likeness (QED) is 0.571. The zero-order chi connectivity index (χ0) is 16.1. The molecule has 8 heteroatoms. The van der Waals surface area contributed by atoms with Gasteiger partial charge in [-0.25, -0.2) is 4.79 Å². The van der Waals surface area contributed by atoms with Crippen LogP contribution in [0.25, 0.3) is 0 Å². The van der Waals surface area contributed by atoms with Crippen LogP contribution in [0, 0.1) is 0 Å². The van der Waals surface area contributed by atoms with Gasteiger partial charge in [0.1, 0.15) is 6.26 Å². The van der Waals surface area contributed by atoms with Gasteiger partial charge in [0, 0.05) is 18.9 Å². The number of imide groups is 1. The summed E-state index contributed by atoms with van der Waals surface area (Å²) in [7, 11) is 0. The van der Waals surface area contributed by atoms with E-state index in [0.717, 1.165) is 25.2 Å². The van der Waals surface area contributed by atoms with Crippen LogP contribution in [0.5, 0.6) is 5.75 Å². The molecule has 2 rings (SSSR count). The third-order valence-corrected chi connectivity index (χ3v) is 2.93. The fourth-order valence-corrected chi connectivity index (χ4v) is 1.72. The van der Waals surface area contributed by atoms with Crippen molar-refractivity contribution in [3.8, 4) is 5.75 Å². The van der Waals surface area contributed by atoms with Crippen LogP contribution >= 0.6 is 0 Å². The molecular formula is C14H15NO7. The molecule has 0 bridgehead atoms. The average molecular weight is 309 g/mol. The van der Waals surface area contributed by atoms with Crippen LogP contribution in [-0.4, -0.2) is 29.5 Å². The van der Waals surface area contributed by atoms with E-state index in [4.69, 9.17) is 9.15 Å². The van der Waals surface area contributed by atoms with Gasteiger partial charge in [0.25, 0.3) is 11.8 Å². The number of carbonyl (C=O) groups excluding carboxylic acids is 3. The highest BCUT2D eigenvalue weighted by atomic mass is 16.7. The highest BCUT2D eigenvalue weighted by molar-refractivity contribution is 6.02. The SMILES string of the molecule is CCCCOc1coc(C(=O)ON2C(=O)CCC2=O)cc1=O. The Morgan fingerprint density at radius 1 is 1.27 bits per heavy atom. The number of carbonyl (C=O) groups is 3. The molecule has 2 amide bonds. The van der Waals surface area contributed by atoms with E-state index in [1.807, 2.05) is 6.92 Å². The van der Waals surface area contributed by atoms with Gasteiger partial charge in [-0.3, -0.25) is 14.4 Å². The molecule has 22 heavy (non-hydrogen) atoms. The van der Waals surface area contributed by atoms with Crippen molar-refractivity contribution < 1.29 is 28.4 Å². The second-order valence-electron chi connectivity index (χ2n) is 4.64. The molecule has 1 aromatic rings. The molecule has 118 valence electrons. The van der Waals surface area contributed by atoms with E-state index in [1.54, 1.807) is 0 Å². The van der Waals surface area contributed by atoms with Crippen LogP contribution in [0.3, 0.4) is 0 Å². The topological polar surface area (TPSA) is 103 Å². The summed E-state index contributed by atoms with van der Waals surface area (Å²) in [5.74, 6) is -2.75. The van der Waals surface area contributed by atoms with Gasteiger partial charge >= 0.3 is 5.97 Å². The summed E-state index contributed by atoms with van der Waals surface area (Å²) in [4.78, 5) is 50.8. The van der Waals surface area contributed by atoms with E-state index in [0.29, 0.717) is 11.7 Å². The van der Waals surface area contributed by atoms with Gasteiger partial charge in [0.2, 0.25) is 16.9 Å². The molecule has 1 aliphatic heterocycles. The molecule has 1 saturated heterocycles. The lowest BCUT2D eigenvalue weighted by molar-refractivity contribution is -0.173. The molecule has 0 aromatic carbocycles. The Bertz CT molecular complexity index is 633. The fourth-order valence-electron chi connectivity index (χ4n) is 1.72. The van der Waals surface area contributed by atoms with E-state index in [1.165, 1.54) is 0 Å². The molecule has 0 N–H and O–H groups in total. The molecule has 1 fully saturated rings. The summed E-state index contributed by atoms with van der Waals surface area (Å²) in [6.45, 7) is 2.34. The molecular weight excluding hydrogens is 294 g/mol. The monoisotopic (exact) mass is 309 g/mol. The number of hydroxylamine groups is 2. The third kappa shape index (κ3) is 3.51. The summed E-state index contributed by atoms with van der Waals surface area (Å²) in [6.07, 6.45) is 2.67. The van der Waals surface area contributed by atoms with Crippen LogP contribution < -0.4 is 10.2 Å². The minimum absolute atomic E-state index is 0.0136. The Kier molecular flexibility index (Phi) is 4.92. The Labute approximate surface area is 125 Å². The Balaban J connectivity index is 2.04. The molecule has 1 aromatic heterocycles. The van der Waals surface area contributed by atoms with Gasteiger partial charge < -0.3 is 14.0 Å². The van der Waals surface area contributed by atoms with Gasteiger partial charge in [-0.2, -0.15) is 0 Å². The summed E-state index contributed by atoms with van der Waals surface area (Å²) in [5.41, 5.74) is -0.548. The smallest absolute Gasteiger partial charge is 0.399 e. The minimum atomic E-state index is -1.10. The molecule has 0 saturated carbocycles. The molecule has 1 aliphatic rings. The van der Waals surface area contributed by atoms with Crippen LogP contribution in [0.1, 0.15) is 43.2 Å². The summed E-state index contributed by atoms with van der Waals surface area (Å²) in [6, 6.07) is 0.897. The van der Waals surface area contributed by atoms with Crippen molar-refractivity contribution in [3.63, 3.8) is 0 Å². The maximum absolute atomic E-state index is 11.8. The molecule has 0 aliphatic carbocycles.